The summed E-state index contributed by atoms with van der Waals surface area (Å²) in [6.45, 7) is -3.67. The van der Waals surface area contributed by atoms with E-state index in [1.54, 1.807) is 0 Å². The lowest BCUT2D eigenvalue weighted by atomic mass is 10.2. The topological polar surface area (TPSA) is 468 Å². The number of carboxylic acid groups (broad SMARTS) is 5. The van der Waals surface area contributed by atoms with Gasteiger partial charge >= 0.3 is 48.0 Å². The number of benzene rings is 4. The number of halogens is 3. The first-order valence-electron chi connectivity index (χ1n) is 23.6. The van der Waals surface area contributed by atoms with E-state index in [9.17, 15) is 79.2 Å². The van der Waals surface area contributed by atoms with Crippen molar-refractivity contribution in [2.75, 3.05) is 53.6 Å². The molecular weight excluding hydrogens is 1160 g/mol. The smallest absolute Gasteiger partial charge is 0.481 e. The molecule has 0 aliphatic rings. The summed E-state index contributed by atoms with van der Waals surface area (Å²) in [5, 5.41) is 45.9. The van der Waals surface area contributed by atoms with Crippen LogP contribution in [0.15, 0.2) is 107 Å². The maximum atomic E-state index is 13.9. The van der Waals surface area contributed by atoms with Crippen LogP contribution < -0.4 is 32.4 Å². The summed E-state index contributed by atoms with van der Waals surface area (Å²) >= 11 is 0. The summed E-state index contributed by atoms with van der Waals surface area (Å²) in [4.78, 5) is 89.9. The third-order valence-corrected chi connectivity index (χ3v) is 14.6. The Morgan fingerprint density at radius 1 is 0.518 bits per heavy atom. The molecule has 83 heavy (non-hydrogen) atoms. The molecule has 0 aliphatic heterocycles. The van der Waals surface area contributed by atoms with E-state index in [4.69, 9.17) is 51.8 Å². The van der Waals surface area contributed by atoms with Gasteiger partial charge in [-0.15, -0.1) is 0 Å². The highest BCUT2D eigenvalue weighted by molar-refractivity contribution is 7.87. The highest BCUT2D eigenvalue weighted by Gasteiger charge is 2.41. The summed E-state index contributed by atoms with van der Waals surface area (Å²) in [5.41, 5.74) is 23.3. The second-order valence-electron chi connectivity index (χ2n) is 16.9. The van der Waals surface area contributed by atoms with Crippen molar-refractivity contribution >= 4 is 85.5 Å². The van der Waals surface area contributed by atoms with Gasteiger partial charge < -0.3 is 67.4 Å². The standard InChI is InChI=1S/C46H56N10O18S2.C2HF3O2/c1-53(27-29-3-15-35(16-4-29)73-43(65)31-7-11-33(12-8-31)51-45(47)48)75(67,68)55(37(41(61)62)25-39(57)58)19-21-71-23-24-72-22-20-56(38(42(63)64)26-40(59)60)76(69,70)54(2)28-30-5-17-36(18-6-30)74-44(66)32-9-13-34(14-10-32)52-46(49)50;3-2(4,5)1(6)7/h3-18,37-38H,19-28H2,1-2H3,(H,57,58)(H,59,60)(H,61,62)(H,63,64)(H4,47,48,51)(H4,49,50,52);(H,6,7). The van der Waals surface area contributed by atoms with Crippen LogP contribution in [-0.2, 0) is 67.0 Å². The fourth-order valence-corrected chi connectivity index (χ4v) is 9.71. The SMILES string of the molecule is CN(Cc1ccc(OC(=O)c2ccc(N=C(N)N)cc2)cc1)S(=O)(=O)N(CCOCCOCCN(C(CC(=O)O)C(=O)O)S(=O)(=O)N(C)Cc1ccc(OC(=O)c2ccc(N=C(N)N)cc2)cc1)C(CC(=O)O)C(=O)O.O=C(O)C(F)(F)F. The van der Waals surface area contributed by atoms with Crippen LogP contribution in [0.25, 0.3) is 0 Å². The molecule has 0 spiro atoms. The van der Waals surface area contributed by atoms with Gasteiger partial charge in [0.2, 0.25) is 0 Å². The lowest BCUT2D eigenvalue weighted by Crippen LogP contribution is -2.52. The number of alkyl halides is 3. The maximum Gasteiger partial charge on any atom is 0.490 e. The van der Waals surface area contributed by atoms with E-state index in [1.807, 2.05) is 0 Å². The Morgan fingerprint density at radius 3 is 1.07 bits per heavy atom. The van der Waals surface area contributed by atoms with Crippen molar-refractivity contribution in [3.8, 4) is 11.5 Å². The van der Waals surface area contributed by atoms with Crippen LogP contribution in [-0.4, -0.2) is 185 Å². The molecular formula is C48H57F3N10O20S2. The molecule has 0 amide bonds. The molecule has 35 heteroatoms. The van der Waals surface area contributed by atoms with E-state index in [2.05, 4.69) is 9.98 Å². The molecule has 2 unspecified atom stereocenters. The number of nitrogens with two attached hydrogens (primary N) is 4. The Kier molecular flexibility index (Phi) is 25.9. The van der Waals surface area contributed by atoms with Crippen molar-refractivity contribution in [2.45, 2.75) is 44.2 Å². The Labute approximate surface area is 470 Å². The Hall–Kier alpha value is -8.84. The number of ether oxygens (including phenoxy) is 4. The normalized spacial score (nSPS) is 12.3. The lowest BCUT2D eigenvalue weighted by Gasteiger charge is -2.31. The van der Waals surface area contributed by atoms with Gasteiger partial charge in [-0.25, -0.2) is 24.4 Å². The number of carbonyl (C=O) groups excluding carboxylic acids is 2. The van der Waals surface area contributed by atoms with Crippen LogP contribution in [0.2, 0.25) is 0 Å². The number of aliphatic carboxylic acids is 5. The van der Waals surface area contributed by atoms with Crippen molar-refractivity contribution in [1.82, 2.24) is 17.2 Å². The van der Waals surface area contributed by atoms with E-state index in [0.29, 0.717) is 31.1 Å². The number of esters is 2. The molecule has 0 aliphatic carbocycles. The Balaban J connectivity index is 0.00000241. The van der Waals surface area contributed by atoms with Gasteiger partial charge in [0, 0.05) is 40.3 Å². The molecule has 0 fully saturated rings. The molecule has 30 nitrogen and oxygen atoms in total. The minimum Gasteiger partial charge on any atom is -0.481 e. The highest BCUT2D eigenvalue weighted by atomic mass is 32.2. The van der Waals surface area contributed by atoms with Crippen LogP contribution in [0.5, 0.6) is 11.5 Å². The minimum absolute atomic E-state index is 0.103. The molecule has 4 aromatic rings. The molecule has 452 valence electrons. The molecule has 2 atom stereocenters. The average molecular weight is 1220 g/mol. The summed E-state index contributed by atoms with van der Waals surface area (Å²) in [5.74, 6) is -11.1. The summed E-state index contributed by atoms with van der Waals surface area (Å²) < 4.78 is 111. The second-order valence-corrected chi connectivity index (χ2v) is 20.9. The van der Waals surface area contributed by atoms with Gasteiger partial charge in [-0.3, -0.25) is 19.2 Å². The zero-order chi connectivity index (χ0) is 62.4. The monoisotopic (exact) mass is 1210 g/mol. The van der Waals surface area contributed by atoms with E-state index in [1.165, 1.54) is 97.1 Å². The number of hydrogen-bond donors (Lipinski definition) is 9. The minimum atomic E-state index is -5.08. The van der Waals surface area contributed by atoms with Crippen LogP contribution in [0.3, 0.4) is 0 Å². The average Bonchev–Trinajstić information content (AvgIpc) is 3.60. The predicted octanol–water partition coefficient (Wildman–Crippen LogP) is 1.11. The van der Waals surface area contributed by atoms with Crippen molar-refractivity contribution in [2.24, 2.45) is 32.9 Å². The van der Waals surface area contributed by atoms with Crippen LogP contribution in [0.4, 0.5) is 24.5 Å². The molecule has 0 bridgehead atoms. The first-order chi connectivity index (χ1) is 38.7. The first-order valence-corrected chi connectivity index (χ1v) is 26.3. The molecule has 13 N–H and O–H groups in total. The van der Waals surface area contributed by atoms with E-state index in [-0.39, 0.29) is 60.8 Å². The van der Waals surface area contributed by atoms with E-state index in [0.717, 1.165) is 22.7 Å². The fraction of sp³-hybridized carbons (Fsp3) is 0.312. The van der Waals surface area contributed by atoms with Gasteiger partial charge in [0.05, 0.1) is 61.8 Å². The van der Waals surface area contributed by atoms with Crippen molar-refractivity contribution in [1.29, 1.82) is 0 Å². The van der Waals surface area contributed by atoms with Crippen LogP contribution in [0.1, 0.15) is 44.7 Å². The fourth-order valence-electron chi connectivity index (χ4n) is 6.79. The maximum absolute atomic E-state index is 13.9. The number of hydrogen-bond acceptors (Lipinski definition) is 17. The lowest BCUT2D eigenvalue weighted by molar-refractivity contribution is -0.192. The first kappa shape index (κ1) is 68.4. The molecule has 4 aromatic carbocycles. The zero-order valence-electron chi connectivity index (χ0n) is 43.8. The number of carbonyl (C=O) groups is 7. The summed E-state index contributed by atoms with van der Waals surface area (Å²) in [6.07, 6.45) is -7.33. The van der Waals surface area contributed by atoms with Crippen molar-refractivity contribution < 1.29 is 108 Å². The molecule has 0 radical (unpaired) electrons. The van der Waals surface area contributed by atoms with E-state index < -0.39 is 120 Å². The molecule has 0 saturated carbocycles. The van der Waals surface area contributed by atoms with Crippen molar-refractivity contribution in [3.63, 3.8) is 0 Å². The third kappa shape index (κ3) is 22.6. The molecule has 0 aromatic heterocycles. The number of aliphatic imine (C=N–C) groups is 2. The Morgan fingerprint density at radius 2 is 0.819 bits per heavy atom. The summed E-state index contributed by atoms with van der Waals surface area (Å²) in [7, 11) is -7.23. The molecule has 4 rings (SSSR count). The van der Waals surface area contributed by atoms with Crippen LogP contribution >= 0.6 is 0 Å². The van der Waals surface area contributed by atoms with Gasteiger partial charge in [-0.2, -0.15) is 47.2 Å². The van der Waals surface area contributed by atoms with Crippen molar-refractivity contribution in [3.05, 3.63) is 119 Å². The largest absolute Gasteiger partial charge is 0.490 e. The predicted molar refractivity (Wildman–Crippen MR) is 283 cm³/mol. The number of rotatable bonds is 31. The third-order valence-electron chi connectivity index (χ3n) is 10.7. The zero-order valence-corrected chi connectivity index (χ0v) is 45.4. The van der Waals surface area contributed by atoms with Gasteiger partial charge in [0.1, 0.15) is 23.6 Å². The van der Waals surface area contributed by atoms with Gasteiger partial charge in [0.25, 0.3) is 20.4 Å². The van der Waals surface area contributed by atoms with E-state index >= 15 is 0 Å². The van der Waals surface area contributed by atoms with Gasteiger partial charge in [-0.05, 0) is 83.9 Å². The van der Waals surface area contributed by atoms with Gasteiger partial charge in [-0.1, -0.05) is 24.3 Å². The number of carboxylic acids is 5. The Bertz CT molecular complexity index is 2990. The quantitative estimate of drug-likeness (QED) is 0.0112. The number of guanidine groups is 2. The second kappa shape index (κ2) is 31.4. The number of nitrogens with zero attached hydrogens (tertiary/aromatic N) is 6. The van der Waals surface area contributed by atoms with Crippen LogP contribution in [0, 0.1) is 0 Å². The highest BCUT2D eigenvalue weighted by Crippen LogP contribution is 2.23. The van der Waals surface area contributed by atoms with Gasteiger partial charge in [0.15, 0.2) is 11.9 Å². The summed E-state index contributed by atoms with van der Waals surface area (Å²) in [6, 6.07) is 18.9. The molecule has 0 saturated heterocycles. The molecule has 0 heterocycles.